The van der Waals surface area contributed by atoms with E-state index in [-0.39, 0.29) is 23.9 Å². The molecule has 2 aliphatic rings. The van der Waals surface area contributed by atoms with Crippen LogP contribution in [0.1, 0.15) is 57.2 Å². The standard InChI is InChI=1S/C33H33N5O4S/c1-3-25(39)37-18-9-10-19(16-18)38-32(41)30-27-26-23(13-14-24(34)29(26)43-30)33(36,31(40)28(27)35)22-12-11-21(15-17(22)2)42-20-7-5-4-6-8-20/h3-8,11-15,18-19,28H,1,9-10,16,34-36H2,2H3,(H,37,39)(H,38,41)/t18-,19-,28?,33?/m1/s1. The molecule has 4 atom stereocenters. The third kappa shape index (κ3) is 4.87. The van der Waals surface area contributed by atoms with Gasteiger partial charge in [-0.2, -0.15) is 0 Å². The van der Waals surface area contributed by atoms with Crippen molar-refractivity contribution in [1.29, 1.82) is 0 Å². The number of nitrogen functional groups attached to an aromatic ring is 1. The number of rotatable bonds is 7. The summed E-state index contributed by atoms with van der Waals surface area (Å²) < 4.78 is 6.66. The Hall–Kier alpha value is -4.51. The van der Waals surface area contributed by atoms with Gasteiger partial charge in [-0.3, -0.25) is 14.4 Å². The molecule has 1 fully saturated rings. The van der Waals surface area contributed by atoms with E-state index in [4.69, 9.17) is 21.9 Å². The predicted octanol–water partition coefficient (Wildman–Crippen LogP) is 4.32. The van der Waals surface area contributed by atoms with Crippen molar-refractivity contribution < 1.29 is 19.1 Å². The van der Waals surface area contributed by atoms with Crippen LogP contribution in [0.2, 0.25) is 0 Å². The summed E-state index contributed by atoms with van der Waals surface area (Å²) in [6, 6.07) is 17.0. The zero-order valence-corrected chi connectivity index (χ0v) is 24.5. The van der Waals surface area contributed by atoms with E-state index in [1.54, 1.807) is 24.3 Å². The molecule has 43 heavy (non-hydrogen) atoms. The van der Waals surface area contributed by atoms with Crippen LogP contribution >= 0.6 is 11.3 Å². The number of benzene rings is 3. The first-order valence-electron chi connectivity index (χ1n) is 14.1. The molecule has 1 aromatic heterocycles. The highest BCUT2D eigenvalue weighted by atomic mass is 32.1. The molecule has 0 radical (unpaired) electrons. The van der Waals surface area contributed by atoms with Gasteiger partial charge in [0.1, 0.15) is 17.0 Å². The molecule has 8 N–H and O–H groups in total. The number of hydrogen-bond donors (Lipinski definition) is 5. The second-order valence-electron chi connectivity index (χ2n) is 11.2. The number of carbonyl (C=O) groups excluding carboxylic acids is 3. The van der Waals surface area contributed by atoms with Crippen LogP contribution in [0.15, 0.2) is 73.3 Å². The number of ketones is 1. The lowest BCUT2D eigenvalue weighted by Gasteiger charge is -2.37. The Bertz CT molecular complexity index is 1790. The number of Topliss-reactive ketones (excluding diaryl/α,β-unsaturated/α-hetero) is 1. The van der Waals surface area contributed by atoms with Gasteiger partial charge in [-0.1, -0.05) is 36.9 Å². The molecule has 1 saturated carbocycles. The maximum atomic E-state index is 14.2. The minimum atomic E-state index is -1.56. The normalized spacial score (nSPS) is 22.8. The fourth-order valence-corrected chi connectivity index (χ4v) is 7.55. The van der Waals surface area contributed by atoms with Gasteiger partial charge in [-0.15, -0.1) is 11.3 Å². The molecule has 0 spiro atoms. The zero-order valence-electron chi connectivity index (χ0n) is 23.7. The van der Waals surface area contributed by atoms with Gasteiger partial charge in [-0.05, 0) is 79.3 Å². The van der Waals surface area contributed by atoms with Crippen LogP contribution in [-0.4, -0.2) is 29.7 Å². The van der Waals surface area contributed by atoms with E-state index in [1.807, 2.05) is 43.3 Å². The van der Waals surface area contributed by atoms with Crippen molar-refractivity contribution in [2.45, 2.75) is 49.9 Å². The summed E-state index contributed by atoms with van der Waals surface area (Å²) in [6.07, 6.45) is 3.28. The van der Waals surface area contributed by atoms with Crippen LogP contribution < -0.4 is 32.6 Å². The molecule has 1 heterocycles. The Morgan fingerprint density at radius 1 is 1.02 bits per heavy atom. The fraction of sp³-hybridized carbons (Fsp3) is 0.242. The lowest BCUT2D eigenvalue weighted by Crippen LogP contribution is -2.53. The second kappa shape index (κ2) is 11.0. The van der Waals surface area contributed by atoms with Crippen LogP contribution in [0.3, 0.4) is 0 Å². The smallest absolute Gasteiger partial charge is 0.261 e. The molecule has 0 aliphatic heterocycles. The van der Waals surface area contributed by atoms with Gasteiger partial charge >= 0.3 is 0 Å². The summed E-state index contributed by atoms with van der Waals surface area (Å²) in [4.78, 5) is 39.9. The summed E-state index contributed by atoms with van der Waals surface area (Å²) >= 11 is 1.22. The van der Waals surface area contributed by atoms with Gasteiger partial charge in [0.2, 0.25) is 5.91 Å². The maximum Gasteiger partial charge on any atom is 0.261 e. The van der Waals surface area contributed by atoms with E-state index in [1.165, 1.54) is 17.4 Å². The molecule has 0 bridgehead atoms. The molecular formula is C33H33N5O4S. The number of anilines is 1. The minimum absolute atomic E-state index is 0.0479. The first kappa shape index (κ1) is 28.6. The van der Waals surface area contributed by atoms with Gasteiger partial charge in [0.15, 0.2) is 5.78 Å². The largest absolute Gasteiger partial charge is 0.457 e. The van der Waals surface area contributed by atoms with Crippen molar-refractivity contribution in [3.63, 3.8) is 0 Å². The van der Waals surface area contributed by atoms with Gasteiger partial charge in [0.05, 0.1) is 15.6 Å². The molecule has 3 aromatic carbocycles. The van der Waals surface area contributed by atoms with Crippen LogP contribution in [0.5, 0.6) is 11.5 Å². The van der Waals surface area contributed by atoms with Crippen LogP contribution in [0, 0.1) is 6.92 Å². The molecule has 0 saturated heterocycles. The molecule has 6 rings (SSSR count). The Labute approximate surface area is 253 Å². The SMILES string of the molecule is C=CC(=O)N[C@@H]1CC[C@@H](NC(=O)c2sc3c(N)ccc4c3c2C(N)C(=O)C4(N)c2ccc(Oc3ccccc3)cc2C)C1. The third-order valence-electron chi connectivity index (χ3n) is 8.42. The number of nitrogens with two attached hydrogens (primary N) is 3. The minimum Gasteiger partial charge on any atom is -0.457 e. The Kier molecular flexibility index (Phi) is 7.29. The highest BCUT2D eigenvalue weighted by Gasteiger charge is 2.49. The average molecular weight is 596 g/mol. The van der Waals surface area contributed by atoms with Gasteiger partial charge in [-0.25, -0.2) is 0 Å². The Morgan fingerprint density at radius 3 is 2.42 bits per heavy atom. The monoisotopic (exact) mass is 595 g/mol. The van der Waals surface area contributed by atoms with E-state index in [0.717, 1.165) is 12.0 Å². The summed E-state index contributed by atoms with van der Waals surface area (Å²) in [5, 5.41) is 6.62. The van der Waals surface area contributed by atoms with Gasteiger partial charge in [0.25, 0.3) is 5.91 Å². The van der Waals surface area contributed by atoms with Crippen molar-refractivity contribution in [1.82, 2.24) is 10.6 Å². The second-order valence-corrected chi connectivity index (χ2v) is 12.2. The molecular weight excluding hydrogens is 562 g/mol. The summed E-state index contributed by atoms with van der Waals surface area (Å²) in [5.41, 5.74) is 21.4. The van der Waals surface area contributed by atoms with Crippen molar-refractivity contribution in [3.8, 4) is 11.5 Å². The lowest BCUT2D eigenvalue weighted by molar-refractivity contribution is -0.124. The molecule has 220 valence electrons. The average Bonchev–Trinajstić information content (AvgIpc) is 3.61. The van der Waals surface area contributed by atoms with Crippen LogP contribution in [-0.2, 0) is 15.1 Å². The first-order valence-corrected chi connectivity index (χ1v) is 15.0. The highest BCUT2D eigenvalue weighted by molar-refractivity contribution is 7.21. The molecule has 9 nitrogen and oxygen atoms in total. The molecule has 2 aliphatic carbocycles. The van der Waals surface area contributed by atoms with E-state index in [0.29, 0.717) is 61.7 Å². The molecule has 4 aromatic rings. The van der Waals surface area contributed by atoms with Crippen molar-refractivity contribution in [2.75, 3.05) is 5.73 Å². The maximum absolute atomic E-state index is 14.2. The fourth-order valence-electron chi connectivity index (χ4n) is 6.35. The summed E-state index contributed by atoms with van der Waals surface area (Å²) in [6.45, 7) is 5.37. The highest BCUT2D eigenvalue weighted by Crippen LogP contribution is 2.50. The molecule has 2 unspecified atom stereocenters. The van der Waals surface area contributed by atoms with Crippen LogP contribution in [0.25, 0.3) is 10.1 Å². The van der Waals surface area contributed by atoms with Crippen molar-refractivity contribution >= 4 is 44.7 Å². The van der Waals surface area contributed by atoms with E-state index >= 15 is 0 Å². The summed E-state index contributed by atoms with van der Waals surface area (Å²) in [5.74, 6) is 0.327. The number of ether oxygens (including phenoxy) is 1. The Morgan fingerprint density at radius 2 is 1.72 bits per heavy atom. The Balaban J connectivity index is 1.36. The zero-order chi connectivity index (χ0) is 30.5. The van der Waals surface area contributed by atoms with Gasteiger partial charge in [0, 0.05) is 28.7 Å². The molecule has 2 amide bonds. The van der Waals surface area contributed by atoms with Gasteiger partial charge < -0.3 is 32.6 Å². The number of nitrogens with one attached hydrogen (secondary N) is 2. The topological polar surface area (TPSA) is 163 Å². The van der Waals surface area contributed by atoms with E-state index < -0.39 is 17.4 Å². The van der Waals surface area contributed by atoms with E-state index in [2.05, 4.69) is 17.2 Å². The number of amides is 2. The van der Waals surface area contributed by atoms with Crippen molar-refractivity contribution in [2.24, 2.45) is 11.5 Å². The number of thiophene rings is 1. The van der Waals surface area contributed by atoms with Crippen LogP contribution in [0.4, 0.5) is 5.69 Å². The number of hydrogen-bond acceptors (Lipinski definition) is 8. The third-order valence-corrected chi connectivity index (χ3v) is 9.67. The van der Waals surface area contributed by atoms with E-state index in [9.17, 15) is 14.4 Å². The predicted molar refractivity (Wildman–Crippen MR) is 168 cm³/mol. The number of aryl methyl sites for hydroxylation is 1. The number of carbonyl (C=O) groups is 3. The first-order chi connectivity index (χ1) is 20.6. The quantitative estimate of drug-likeness (QED) is 0.157. The summed E-state index contributed by atoms with van der Waals surface area (Å²) in [7, 11) is 0. The number of para-hydroxylation sites is 1. The molecule has 10 heteroatoms. The van der Waals surface area contributed by atoms with Crippen molar-refractivity contribution in [3.05, 3.63) is 100 Å². The lowest BCUT2D eigenvalue weighted by atomic mass is 9.69.